The standard InChI is InChI=1S/C26H28ClN5O3.2ClH/c1-35-25(34)18-5-2-4-17(14-18)22-29-30-23-24(33)31(12-13-32(22)23)21-8-10-26(16-28,11-9-21)19-6-3-7-20(27)15-19;;/h2-7,14-15,21H,8-13,16,28H2,1H3;2*1H/t21-,26-;;. The van der Waals surface area contributed by atoms with Crippen molar-refractivity contribution in [3.8, 4) is 11.4 Å². The number of fused-ring (bicyclic) bond motifs is 1. The molecule has 37 heavy (non-hydrogen) atoms. The lowest BCUT2D eigenvalue weighted by Crippen LogP contribution is -2.50. The van der Waals surface area contributed by atoms with Crippen LogP contribution in [0.25, 0.3) is 11.4 Å². The van der Waals surface area contributed by atoms with Gasteiger partial charge in [-0.1, -0.05) is 35.9 Å². The van der Waals surface area contributed by atoms with Gasteiger partial charge in [-0.05, 0) is 55.5 Å². The molecule has 1 fully saturated rings. The van der Waals surface area contributed by atoms with E-state index in [0.717, 1.165) is 36.3 Å². The third-order valence-electron chi connectivity index (χ3n) is 7.49. The van der Waals surface area contributed by atoms with Crippen LogP contribution in [0, 0.1) is 0 Å². The van der Waals surface area contributed by atoms with Gasteiger partial charge in [-0.15, -0.1) is 35.0 Å². The third-order valence-corrected chi connectivity index (χ3v) is 7.73. The van der Waals surface area contributed by atoms with Gasteiger partial charge in [0.1, 0.15) is 0 Å². The lowest BCUT2D eigenvalue weighted by molar-refractivity contribution is 0.0522. The number of carbonyl (C=O) groups is 2. The molecule has 5 rings (SSSR count). The molecule has 1 aliphatic heterocycles. The summed E-state index contributed by atoms with van der Waals surface area (Å²) in [5.74, 6) is 0.383. The number of hydrogen-bond donors (Lipinski definition) is 1. The first-order valence-electron chi connectivity index (χ1n) is 11.8. The summed E-state index contributed by atoms with van der Waals surface area (Å²) < 4.78 is 6.66. The summed E-state index contributed by atoms with van der Waals surface area (Å²) in [5, 5.41) is 9.24. The van der Waals surface area contributed by atoms with Crippen LogP contribution < -0.4 is 5.73 Å². The zero-order valence-electron chi connectivity index (χ0n) is 20.4. The number of nitrogens with zero attached hydrogens (tertiary/aromatic N) is 4. The Morgan fingerprint density at radius 3 is 2.46 bits per heavy atom. The Hall–Kier alpha value is -2.65. The average molecular weight is 567 g/mol. The summed E-state index contributed by atoms with van der Waals surface area (Å²) in [6, 6.07) is 15.1. The van der Waals surface area contributed by atoms with E-state index in [4.69, 9.17) is 22.1 Å². The van der Waals surface area contributed by atoms with Gasteiger partial charge in [0.2, 0.25) is 5.82 Å². The molecule has 3 aromatic rings. The van der Waals surface area contributed by atoms with Gasteiger partial charge in [0.15, 0.2) is 5.82 Å². The zero-order chi connectivity index (χ0) is 24.6. The minimum absolute atomic E-state index is 0. The van der Waals surface area contributed by atoms with E-state index in [1.54, 1.807) is 18.2 Å². The van der Waals surface area contributed by atoms with Crippen LogP contribution in [0.3, 0.4) is 0 Å². The summed E-state index contributed by atoms with van der Waals surface area (Å²) in [5.41, 5.74) is 8.47. The summed E-state index contributed by atoms with van der Waals surface area (Å²) >= 11 is 6.25. The number of benzene rings is 2. The fourth-order valence-corrected chi connectivity index (χ4v) is 5.66. The molecule has 0 spiro atoms. The topological polar surface area (TPSA) is 103 Å². The monoisotopic (exact) mass is 565 g/mol. The Morgan fingerprint density at radius 1 is 1.08 bits per heavy atom. The van der Waals surface area contributed by atoms with Crippen molar-refractivity contribution in [1.82, 2.24) is 19.7 Å². The number of methoxy groups -OCH3 is 1. The summed E-state index contributed by atoms with van der Waals surface area (Å²) in [6.45, 7) is 1.74. The predicted molar refractivity (Wildman–Crippen MR) is 147 cm³/mol. The minimum atomic E-state index is -0.420. The second kappa shape index (κ2) is 11.8. The first-order valence-corrected chi connectivity index (χ1v) is 12.2. The van der Waals surface area contributed by atoms with E-state index in [9.17, 15) is 9.59 Å². The third kappa shape index (κ3) is 5.34. The Morgan fingerprint density at radius 2 is 1.78 bits per heavy atom. The molecular weight excluding hydrogens is 537 g/mol. The van der Waals surface area contributed by atoms with Gasteiger partial charge in [0.05, 0.1) is 12.7 Å². The molecule has 0 saturated heterocycles. The molecule has 0 unspecified atom stereocenters. The van der Waals surface area contributed by atoms with Crippen LogP contribution in [-0.4, -0.2) is 57.8 Å². The first kappa shape index (κ1) is 28.9. The second-order valence-electron chi connectivity index (χ2n) is 9.30. The molecule has 0 bridgehead atoms. The van der Waals surface area contributed by atoms with E-state index in [1.807, 2.05) is 33.7 Å². The van der Waals surface area contributed by atoms with E-state index in [-0.39, 0.29) is 42.2 Å². The normalized spacial score (nSPS) is 20.9. The molecule has 11 heteroatoms. The second-order valence-corrected chi connectivity index (χ2v) is 9.73. The fourth-order valence-electron chi connectivity index (χ4n) is 5.47. The van der Waals surface area contributed by atoms with Crippen molar-refractivity contribution in [2.45, 2.75) is 43.7 Å². The van der Waals surface area contributed by atoms with Gasteiger partial charge in [0, 0.05) is 41.7 Å². The van der Waals surface area contributed by atoms with Gasteiger partial charge in [-0.3, -0.25) is 4.79 Å². The predicted octanol–water partition coefficient (Wildman–Crippen LogP) is 4.52. The van der Waals surface area contributed by atoms with Crippen LogP contribution in [0.1, 0.15) is 52.2 Å². The lowest BCUT2D eigenvalue weighted by atomic mass is 9.68. The van der Waals surface area contributed by atoms with E-state index in [0.29, 0.717) is 36.8 Å². The number of esters is 1. The summed E-state index contributed by atoms with van der Waals surface area (Å²) in [6.07, 6.45) is 3.54. The van der Waals surface area contributed by atoms with E-state index < -0.39 is 5.97 Å². The molecule has 0 radical (unpaired) electrons. The van der Waals surface area contributed by atoms with Crippen molar-refractivity contribution >= 4 is 48.3 Å². The smallest absolute Gasteiger partial charge is 0.337 e. The highest BCUT2D eigenvalue weighted by molar-refractivity contribution is 6.30. The SMILES string of the molecule is COC(=O)c1cccc(-c2nnc3n2CCN([C@H]2CC[C@](CN)(c4cccc(Cl)c4)CC2)C3=O)c1.Cl.Cl. The molecule has 2 aliphatic rings. The van der Waals surface area contributed by atoms with Gasteiger partial charge < -0.3 is 19.9 Å². The van der Waals surface area contributed by atoms with Crippen LogP contribution >= 0.6 is 36.4 Å². The van der Waals surface area contributed by atoms with Gasteiger partial charge in [-0.2, -0.15) is 0 Å². The van der Waals surface area contributed by atoms with Crippen molar-refractivity contribution in [2.24, 2.45) is 5.73 Å². The highest BCUT2D eigenvalue weighted by Crippen LogP contribution is 2.41. The fraction of sp³-hybridized carbons (Fsp3) is 0.385. The van der Waals surface area contributed by atoms with E-state index in [2.05, 4.69) is 16.3 Å². The van der Waals surface area contributed by atoms with Crippen LogP contribution in [0.2, 0.25) is 5.02 Å². The largest absolute Gasteiger partial charge is 0.465 e. The maximum absolute atomic E-state index is 13.4. The minimum Gasteiger partial charge on any atom is -0.465 e. The molecule has 2 heterocycles. The molecule has 0 atom stereocenters. The highest BCUT2D eigenvalue weighted by Gasteiger charge is 2.41. The van der Waals surface area contributed by atoms with Crippen molar-refractivity contribution in [1.29, 1.82) is 0 Å². The van der Waals surface area contributed by atoms with E-state index in [1.165, 1.54) is 12.7 Å². The summed E-state index contributed by atoms with van der Waals surface area (Å²) in [4.78, 5) is 27.3. The van der Waals surface area contributed by atoms with Crippen LogP contribution in [-0.2, 0) is 16.7 Å². The molecule has 1 aliphatic carbocycles. The molecule has 8 nitrogen and oxygen atoms in total. The molecule has 2 aromatic carbocycles. The summed E-state index contributed by atoms with van der Waals surface area (Å²) in [7, 11) is 1.35. The number of aromatic nitrogens is 3. The first-order chi connectivity index (χ1) is 17.0. The van der Waals surface area contributed by atoms with Gasteiger partial charge in [-0.25, -0.2) is 4.79 Å². The Kier molecular flexibility index (Phi) is 9.23. The van der Waals surface area contributed by atoms with Crippen molar-refractivity contribution in [3.63, 3.8) is 0 Å². The van der Waals surface area contributed by atoms with Crippen LogP contribution in [0.15, 0.2) is 48.5 Å². The van der Waals surface area contributed by atoms with Crippen LogP contribution in [0.5, 0.6) is 0 Å². The zero-order valence-corrected chi connectivity index (χ0v) is 22.8. The number of carbonyl (C=O) groups excluding carboxylic acids is 2. The maximum atomic E-state index is 13.4. The van der Waals surface area contributed by atoms with Gasteiger partial charge in [0.25, 0.3) is 5.91 Å². The molecule has 198 valence electrons. The molecule has 2 N–H and O–H groups in total. The van der Waals surface area contributed by atoms with Crippen molar-refractivity contribution < 1.29 is 14.3 Å². The number of amides is 1. The maximum Gasteiger partial charge on any atom is 0.337 e. The Bertz CT molecular complexity index is 1270. The Balaban J connectivity index is 0.00000190. The number of ether oxygens (including phenoxy) is 1. The molecule has 1 saturated carbocycles. The van der Waals surface area contributed by atoms with E-state index >= 15 is 0 Å². The molecule has 1 amide bonds. The lowest BCUT2D eigenvalue weighted by Gasteiger charge is -2.44. The van der Waals surface area contributed by atoms with Gasteiger partial charge >= 0.3 is 5.97 Å². The van der Waals surface area contributed by atoms with Crippen molar-refractivity contribution in [3.05, 3.63) is 70.5 Å². The number of halogens is 3. The number of nitrogens with two attached hydrogens (primary N) is 1. The number of hydrogen-bond acceptors (Lipinski definition) is 6. The quantitative estimate of drug-likeness (QED) is 0.456. The molecular formula is C26H30Cl3N5O3. The Labute approximate surface area is 233 Å². The van der Waals surface area contributed by atoms with Crippen LogP contribution in [0.4, 0.5) is 0 Å². The highest BCUT2D eigenvalue weighted by atomic mass is 35.5. The van der Waals surface area contributed by atoms with Crippen molar-refractivity contribution in [2.75, 3.05) is 20.2 Å². The number of rotatable bonds is 5. The molecule has 1 aromatic heterocycles. The average Bonchev–Trinajstić information content (AvgIpc) is 3.34.